The van der Waals surface area contributed by atoms with Gasteiger partial charge in [0.1, 0.15) is 6.04 Å². The molecule has 1 spiro atoms. The fraction of sp³-hybridized carbons (Fsp3) is 0.846. The monoisotopic (exact) mass is 540 g/mol. The average Bonchev–Trinajstić information content (AvgIpc) is 3.09. The van der Waals surface area contributed by atoms with Crippen LogP contribution < -0.4 is 10.6 Å². The third kappa shape index (κ3) is 5.83. The van der Waals surface area contributed by atoms with E-state index in [1.54, 1.807) is 0 Å². The second kappa shape index (κ2) is 11.4. The molecule has 4 aliphatic heterocycles. The molecule has 3 N–H and O–H groups in total. The molecule has 5 aliphatic rings. The molecule has 0 radical (unpaired) electrons. The molecule has 4 saturated heterocycles. The van der Waals surface area contributed by atoms with Gasteiger partial charge in [0.05, 0.1) is 6.42 Å². The minimum Gasteiger partial charge on any atom is -0.480 e. The van der Waals surface area contributed by atoms with Crippen LogP contribution in [0.2, 0.25) is 0 Å². The summed E-state index contributed by atoms with van der Waals surface area (Å²) in [6.45, 7) is 7.66. The van der Waals surface area contributed by atoms with Crippen LogP contribution in [0.15, 0.2) is 0 Å². The first-order valence-electron chi connectivity index (χ1n) is 13.6. The van der Waals surface area contributed by atoms with E-state index in [0.29, 0.717) is 18.8 Å². The smallest absolute Gasteiger partial charge is 0.325 e. The van der Waals surface area contributed by atoms with E-state index in [9.17, 15) is 19.2 Å². The molecule has 12 nitrogen and oxygen atoms in total. The minimum atomic E-state index is -1.12. The van der Waals surface area contributed by atoms with Crippen molar-refractivity contribution in [3.8, 4) is 0 Å². The molecule has 4 heterocycles. The summed E-state index contributed by atoms with van der Waals surface area (Å²) in [7, 11) is 0. The zero-order valence-corrected chi connectivity index (χ0v) is 22.5. The lowest BCUT2D eigenvalue weighted by atomic mass is 9.58. The van der Waals surface area contributed by atoms with Gasteiger partial charge in [-0.1, -0.05) is 13.8 Å². The van der Waals surface area contributed by atoms with E-state index < -0.39 is 47.9 Å². The molecule has 1 aliphatic carbocycles. The molecular formula is C26H40N2O10. The third-order valence-corrected chi connectivity index (χ3v) is 8.55. The van der Waals surface area contributed by atoms with Crippen molar-refractivity contribution in [2.75, 3.05) is 6.54 Å². The number of carbonyl (C=O) groups excluding carboxylic acids is 3. The van der Waals surface area contributed by atoms with Crippen LogP contribution in [-0.4, -0.2) is 65.4 Å². The molecule has 38 heavy (non-hydrogen) atoms. The number of carboxylic acids is 1. The highest BCUT2D eigenvalue weighted by atomic mass is 17.3. The van der Waals surface area contributed by atoms with Gasteiger partial charge in [-0.05, 0) is 51.4 Å². The van der Waals surface area contributed by atoms with Crippen molar-refractivity contribution in [1.29, 1.82) is 0 Å². The molecule has 2 amide bonds. The Morgan fingerprint density at radius 1 is 1.03 bits per heavy atom. The lowest BCUT2D eigenvalue weighted by Gasteiger charge is -2.59. The summed E-state index contributed by atoms with van der Waals surface area (Å²) >= 11 is 0. The minimum absolute atomic E-state index is 0.0295. The molecule has 0 unspecified atom stereocenters. The topological polar surface area (TPSA) is 159 Å². The summed E-state index contributed by atoms with van der Waals surface area (Å²) in [6, 6.07) is -0.971. The second-order valence-corrected chi connectivity index (χ2v) is 11.3. The Labute approximate surface area is 222 Å². The van der Waals surface area contributed by atoms with E-state index in [1.807, 2.05) is 13.8 Å². The van der Waals surface area contributed by atoms with Crippen molar-refractivity contribution < 1.29 is 48.3 Å². The number of rotatable bonds is 10. The van der Waals surface area contributed by atoms with E-state index in [4.69, 9.17) is 29.1 Å². The van der Waals surface area contributed by atoms with Crippen LogP contribution in [-0.2, 0) is 43.2 Å². The van der Waals surface area contributed by atoms with Crippen LogP contribution in [0.5, 0.6) is 0 Å². The Balaban J connectivity index is 1.24. The number of aliphatic carboxylic acids is 1. The Bertz CT molecular complexity index is 930. The molecule has 5 fully saturated rings. The van der Waals surface area contributed by atoms with Crippen LogP contribution in [0, 0.1) is 23.7 Å². The summed E-state index contributed by atoms with van der Waals surface area (Å²) in [5, 5.41) is 13.8. The summed E-state index contributed by atoms with van der Waals surface area (Å²) in [5.74, 6) is -2.80. The van der Waals surface area contributed by atoms with E-state index in [0.717, 1.165) is 19.3 Å². The predicted octanol–water partition coefficient (Wildman–Crippen LogP) is 2.00. The van der Waals surface area contributed by atoms with Crippen LogP contribution in [0.1, 0.15) is 79.1 Å². The highest BCUT2D eigenvalue weighted by Gasteiger charge is 2.69. The van der Waals surface area contributed by atoms with Gasteiger partial charge in [0, 0.05) is 37.6 Å². The van der Waals surface area contributed by atoms with E-state index in [-0.39, 0.29) is 49.5 Å². The molecular weight excluding hydrogens is 500 g/mol. The fourth-order valence-corrected chi connectivity index (χ4v) is 6.35. The highest BCUT2D eigenvalue weighted by molar-refractivity contribution is 5.83. The normalized spacial score (nSPS) is 38.3. The number of esters is 1. The Kier molecular flexibility index (Phi) is 8.65. The number of hydrogen-bond donors (Lipinski definition) is 3. The molecule has 0 aromatic rings. The zero-order chi connectivity index (χ0) is 27.7. The van der Waals surface area contributed by atoms with E-state index in [2.05, 4.69) is 17.6 Å². The standard InChI is InChI=1S/C26H40N2O10/c1-14-7-8-18-15(2)23(35-24-26(18)17(14)11-12-25(4,36-24)37-38-26)34-21(31)10-9-19(29)27-13-5-6-20(30)28-16(3)22(32)33/h14-18,23-24H,5-13H2,1-4H3,(H,27,29)(H,28,30)(H,32,33)/t14-,15-,16+,17+,18-,23-,24+,25+,26-/m1/s1. The number of carbonyl (C=O) groups is 4. The molecule has 1 saturated carbocycles. The zero-order valence-electron chi connectivity index (χ0n) is 22.5. The van der Waals surface area contributed by atoms with Gasteiger partial charge in [0.25, 0.3) is 0 Å². The molecule has 0 aromatic carbocycles. The molecule has 9 atom stereocenters. The van der Waals surface area contributed by atoms with Crippen molar-refractivity contribution in [3.05, 3.63) is 0 Å². The van der Waals surface area contributed by atoms with Gasteiger partial charge in [-0.3, -0.25) is 19.2 Å². The first-order valence-corrected chi connectivity index (χ1v) is 13.6. The number of fused-ring (bicyclic) bond motifs is 2. The molecule has 5 rings (SSSR count). The quantitative estimate of drug-likeness (QED) is 0.213. The lowest BCUT2D eigenvalue weighted by Crippen LogP contribution is -2.70. The van der Waals surface area contributed by atoms with Gasteiger partial charge in [-0.15, -0.1) is 0 Å². The number of hydrogen-bond acceptors (Lipinski definition) is 9. The van der Waals surface area contributed by atoms with Gasteiger partial charge in [0.15, 0.2) is 11.9 Å². The molecule has 2 bridgehead atoms. The van der Waals surface area contributed by atoms with Crippen LogP contribution >= 0.6 is 0 Å². The van der Waals surface area contributed by atoms with Crippen molar-refractivity contribution in [2.45, 2.75) is 109 Å². The van der Waals surface area contributed by atoms with E-state index in [1.165, 1.54) is 6.92 Å². The maximum absolute atomic E-state index is 12.6. The van der Waals surface area contributed by atoms with E-state index >= 15 is 0 Å². The Morgan fingerprint density at radius 2 is 1.79 bits per heavy atom. The lowest BCUT2D eigenvalue weighted by molar-refractivity contribution is -0.576. The molecule has 214 valence electrons. The van der Waals surface area contributed by atoms with Gasteiger partial charge in [0.2, 0.25) is 23.9 Å². The third-order valence-electron chi connectivity index (χ3n) is 8.55. The number of ether oxygens (including phenoxy) is 3. The molecule has 12 heteroatoms. The first kappa shape index (κ1) is 28.7. The van der Waals surface area contributed by atoms with Crippen LogP contribution in [0.4, 0.5) is 0 Å². The Hall–Kier alpha value is -2.28. The van der Waals surface area contributed by atoms with Crippen molar-refractivity contribution in [3.63, 3.8) is 0 Å². The summed E-state index contributed by atoms with van der Waals surface area (Å²) in [4.78, 5) is 59.1. The van der Waals surface area contributed by atoms with Crippen molar-refractivity contribution >= 4 is 23.8 Å². The summed E-state index contributed by atoms with van der Waals surface area (Å²) in [5.41, 5.74) is -0.738. The molecule has 0 aromatic heterocycles. The van der Waals surface area contributed by atoms with Gasteiger partial charge >= 0.3 is 11.9 Å². The van der Waals surface area contributed by atoms with Gasteiger partial charge < -0.3 is 30.0 Å². The SMILES string of the molecule is C[C@H]1[C@H](OC(=O)CCC(=O)NCCCC(=O)N[C@@H](C)C(=O)O)O[C@H]2O[C@]3(C)CC[C@H]4[C@H](C)CC[C@H]1[C@@]24OO3. The number of nitrogens with one attached hydrogen (secondary N) is 2. The van der Waals surface area contributed by atoms with Crippen LogP contribution in [0.25, 0.3) is 0 Å². The summed E-state index contributed by atoms with van der Waals surface area (Å²) < 4.78 is 18.2. The fourth-order valence-electron chi connectivity index (χ4n) is 6.35. The second-order valence-electron chi connectivity index (χ2n) is 11.3. The Morgan fingerprint density at radius 3 is 2.53 bits per heavy atom. The maximum Gasteiger partial charge on any atom is 0.325 e. The van der Waals surface area contributed by atoms with Crippen molar-refractivity contribution in [1.82, 2.24) is 10.6 Å². The predicted molar refractivity (Wildman–Crippen MR) is 130 cm³/mol. The number of carboxylic acid groups (broad SMARTS) is 1. The number of amides is 2. The highest BCUT2D eigenvalue weighted by Crippen LogP contribution is 2.60. The first-order chi connectivity index (χ1) is 17.9. The largest absolute Gasteiger partial charge is 0.480 e. The maximum atomic E-state index is 12.6. The van der Waals surface area contributed by atoms with Gasteiger partial charge in [-0.25, -0.2) is 9.78 Å². The summed E-state index contributed by atoms with van der Waals surface area (Å²) in [6.07, 6.45) is 2.22. The van der Waals surface area contributed by atoms with Crippen LogP contribution in [0.3, 0.4) is 0 Å². The van der Waals surface area contributed by atoms with Crippen molar-refractivity contribution in [2.24, 2.45) is 23.7 Å². The average molecular weight is 541 g/mol. The van der Waals surface area contributed by atoms with Gasteiger partial charge in [-0.2, -0.15) is 0 Å².